The van der Waals surface area contributed by atoms with Gasteiger partial charge in [-0.1, -0.05) is 19.3 Å². The van der Waals surface area contributed by atoms with Crippen LogP contribution in [0.5, 0.6) is 0 Å². The highest BCUT2D eigenvalue weighted by Crippen LogP contribution is 2.48. The Morgan fingerprint density at radius 1 is 1.06 bits per heavy atom. The van der Waals surface area contributed by atoms with Gasteiger partial charge >= 0.3 is 0 Å². The van der Waals surface area contributed by atoms with Crippen molar-refractivity contribution in [2.45, 2.75) is 63.4 Å². The molecule has 0 bridgehead atoms. The summed E-state index contributed by atoms with van der Waals surface area (Å²) in [5.74, 6) is 0.210. The molecule has 2 saturated heterocycles. The van der Waals surface area contributed by atoms with Crippen LogP contribution in [0.1, 0.15) is 46.0 Å². The fourth-order valence-electron chi connectivity index (χ4n) is 3.67. The van der Waals surface area contributed by atoms with Crippen LogP contribution in [0.3, 0.4) is 0 Å². The summed E-state index contributed by atoms with van der Waals surface area (Å²) in [6.07, 6.45) is 6.76. The van der Waals surface area contributed by atoms with E-state index in [4.69, 9.17) is 14.2 Å². The van der Waals surface area contributed by atoms with Crippen molar-refractivity contribution < 1.29 is 14.2 Å². The summed E-state index contributed by atoms with van der Waals surface area (Å²) in [6.45, 7) is 5.48. The molecule has 0 N–H and O–H groups in total. The van der Waals surface area contributed by atoms with Crippen LogP contribution in [0.2, 0.25) is 0 Å². The van der Waals surface area contributed by atoms with Gasteiger partial charge in [0, 0.05) is 0 Å². The minimum atomic E-state index is -0.425. The second kappa shape index (κ2) is 3.69. The minimum Gasteiger partial charge on any atom is -0.376 e. The third-order valence-electron chi connectivity index (χ3n) is 4.30. The van der Waals surface area contributed by atoms with Gasteiger partial charge in [0.15, 0.2) is 5.79 Å². The zero-order valence-corrected chi connectivity index (χ0v) is 10.3. The molecular formula is C13H22O3. The monoisotopic (exact) mass is 226 g/mol. The van der Waals surface area contributed by atoms with E-state index in [1.807, 2.05) is 13.8 Å². The molecule has 3 heteroatoms. The lowest BCUT2D eigenvalue weighted by Gasteiger charge is -2.37. The molecule has 1 saturated carbocycles. The van der Waals surface area contributed by atoms with Crippen molar-refractivity contribution in [3.05, 3.63) is 0 Å². The van der Waals surface area contributed by atoms with Crippen LogP contribution < -0.4 is 0 Å². The number of fused-ring (bicyclic) bond motifs is 1. The van der Waals surface area contributed by atoms with E-state index in [2.05, 4.69) is 0 Å². The lowest BCUT2D eigenvalue weighted by atomic mass is 9.75. The van der Waals surface area contributed by atoms with Gasteiger partial charge in [-0.3, -0.25) is 0 Å². The molecule has 0 aromatic carbocycles. The molecule has 1 aliphatic carbocycles. The molecule has 0 radical (unpaired) electrons. The van der Waals surface area contributed by atoms with E-state index < -0.39 is 5.79 Å². The highest BCUT2D eigenvalue weighted by molar-refractivity contribution is 5.04. The van der Waals surface area contributed by atoms with Gasteiger partial charge in [-0.2, -0.15) is 0 Å². The van der Waals surface area contributed by atoms with Crippen molar-refractivity contribution in [2.24, 2.45) is 5.92 Å². The van der Waals surface area contributed by atoms with Crippen LogP contribution in [0.15, 0.2) is 0 Å². The Kier molecular flexibility index (Phi) is 2.54. The van der Waals surface area contributed by atoms with Crippen LogP contribution in [0.25, 0.3) is 0 Å². The van der Waals surface area contributed by atoms with E-state index in [-0.39, 0.29) is 11.7 Å². The molecule has 3 rings (SSSR count). The summed E-state index contributed by atoms with van der Waals surface area (Å²) in [6, 6.07) is 0. The third-order valence-corrected chi connectivity index (χ3v) is 4.30. The van der Waals surface area contributed by atoms with Crippen LogP contribution in [-0.4, -0.2) is 30.7 Å². The normalized spacial score (nSPS) is 43.5. The quantitative estimate of drug-likeness (QED) is 0.687. The maximum atomic E-state index is 6.25. The summed E-state index contributed by atoms with van der Waals surface area (Å²) in [4.78, 5) is 0. The van der Waals surface area contributed by atoms with Crippen molar-refractivity contribution in [1.29, 1.82) is 0 Å². The molecule has 0 aromatic rings. The van der Waals surface area contributed by atoms with Crippen LogP contribution >= 0.6 is 0 Å². The SMILES string of the molecule is CC1(C)OC2COC[C@]2(C2CCCCC2)O1. The Balaban J connectivity index is 1.83. The second-order valence-electron chi connectivity index (χ2n) is 5.91. The van der Waals surface area contributed by atoms with Gasteiger partial charge in [-0.05, 0) is 32.6 Å². The standard InChI is InChI=1S/C13H22O3/c1-12(2)15-11-8-14-9-13(11,16-12)10-6-4-3-5-7-10/h10-11H,3-9H2,1-2H3/t11?,13-/m1/s1. The molecule has 2 atom stereocenters. The molecule has 0 amide bonds. The van der Waals surface area contributed by atoms with Gasteiger partial charge in [0.05, 0.1) is 13.2 Å². The second-order valence-corrected chi connectivity index (χ2v) is 5.91. The van der Waals surface area contributed by atoms with Crippen molar-refractivity contribution in [2.75, 3.05) is 13.2 Å². The van der Waals surface area contributed by atoms with E-state index in [1.165, 1.54) is 32.1 Å². The van der Waals surface area contributed by atoms with E-state index in [9.17, 15) is 0 Å². The van der Waals surface area contributed by atoms with Gasteiger partial charge < -0.3 is 14.2 Å². The lowest BCUT2D eigenvalue weighted by Crippen LogP contribution is -2.47. The first-order valence-corrected chi connectivity index (χ1v) is 6.58. The molecule has 0 spiro atoms. The number of ether oxygens (including phenoxy) is 3. The van der Waals surface area contributed by atoms with Crippen molar-refractivity contribution in [3.63, 3.8) is 0 Å². The lowest BCUT2D eigenvalue weighted by molar-refractivity contribution is -0.193. The molecule has 2 heterocycles. The Labute approximate surface area is 97.4 Å². The first-order chi connectivity index (χ1) is 7.62. The van der Waals surface area contributed by atoms with Gasteiger partial charge in [0.1, 0.15) is 11.7 Å². The minimum absolute atomic E-state index is 0.135. The fraction of sp³-hybridized carbons (Fsp3) is 1.00. The third kappa shape index (κ3) is 1.60. The van der Waals surface area contributed by atoms with Crippen LogP contribution in [0.4, 0.5) is 0 Å². The predicted octanol–water partition coefficient (Wildman–Crippen LogP) is 2.49. The first-order valence-electron chi connectivity index (χ1n) is 6.58. The van der Waals surface area contributed by atoms with Crippen LogP contribution in [0, 0.1) is 5.92 Å². The maximum absolute atomic E-state index is 6.25. The molecular weight excluding hydrogens is 204 g/mol. The summed E-state index contributed by atoms with van der Waals surface area (Å²) >= 11 is 0. The van der Waals surface area contributed by atoms with Crippen LogP contribution in [-0.2, 0) is 14.2 Å². The van der Waals surface area contributed by atoms with E-state index in [1.54, 1.807) is 0 Å². The van der Waals surface area contributed by atoms with Crippen molar-refractivity contribution >= 4 is 0 Å². The largest absolute Gasteiger partial charge is 0.376 e. The van der Waals surface area contributed by atoms with E-state index in [0.29, 0.717) is 12.5 Å². The van der Waals surface area contributed by atoms with Gasteiger partial charge in [-0.15, -0.1) is 0 Å². The maximum Gasteiger partial charge on any atom is 0.164 e. The molecule has 16 heavy (non-hydrogen) atoms. The molecule has 3 aliphatic rings. The van der Waals surface area contributed by atoms with E-state index >= 15 is 0 Å². The van der Waals surface area contributed by atoms with Crippen molar-refractivity contribution in [1.82, 2.24) is 0 Å². The molecule has 3 nitrogen and oxygen atoms in total. The molecule has 2 aliphatic heterocycles. The van der Waals surface area contributed by atoms with Gasteiger partial charge in [0.2, 0.25) is 0 Å². The first kappa shape index (κ1) is 11.0. The summed E-state index contributed by atoms with van der Waals surface area (Å²) in [5, 5.41) is 0. The Hall–Kier alpha value is -0.120. The zero-order chi connectivity index (χ0) is 11.2. The molecule has 1 unspecified atom stereocenters. The van der Waals surface area contributed by atoms with Gasteiger partial charge in [-0.25, -0.2) is 0 Å². The molecule has 92 valence electrons. The molecule has 0 aromatic heterocycles. The highest BCUT2D eigenvalue weighted by Gasteiger charge is 2.60. The summed E-state index contributed by atoms with van der Waals surface area (Å²) < 4.78 is 17.8. The molecule has 3 fully saturated rings. The van der Waals surface area contributed by atoms with Crippen molar-refractivity contribution in [3.8, 4) is 0 Å². The summed E-state index contributed by atoms with van der Waals surface area (Å²) in [7, 11) is 0. The van der Waals surface area contributed by atoms with E-state index in [0.717, 1.165) is 6.61 Å². The predicted molar refractivity (Wildman–Crippen MR) is 60.2 cm³/mol. The highest BCUT2D eigenvalue weighted by atomic mass is 16.8. The Morgan fingerprint density at radius 3 is 2.56 bits per heavy atom. The fourth-order valence-corrected chi connectivity index (χ4v) is 3.67. The number of hydrogen-bond donors (Lipinski definition) is 0. The topological polar surface area (TPSA) is 27.7 Å². The van der Waals surface area contributed by atoms with Gasteiger partial charge in [0.25, 0.3) is 0 Å². The summed E-state index contributed by atoms with van der Waals surface area (Å²) in [5.41, 5.74) is -0.135. The Morgan fingerprint density at radius 2 is 1.81 bits per heavy atom. The smallest absolute Gasteiger partial charge is 0.164 e. The average Bonchev–Trinajstić information content (AvgIpc) is 2.72. The Bertz CT molecular complexity index is 270. The zero-order valence-electron chi connectivity index (χ0n) is 10.3. The average molecular weight is 226 g/mol. The number of hydrogen-bond acceptors (Lipinski definition) is 3. The number of rotatable bonds is 1.